The Labute approximate surface area is 119 Å². The summed E-state index contributed by atoms with van der Waals surface area (Å²) in [6.07, 6.45) is 1.86. The molecular formula is C15H24O5. The minimum absolute atomic E-state index is 0.188. The summed E-state index contributed by atoms with van der Waals surface area (Å²) in [7, 11) is 0. The zero-order chi connectivity index (χ0) is 14.6. The van der Waals surface area contributed by atoms with Crippen molar-refractivity contribution in [2.45, 2.75) is 70.2 Å². The number of fused-ring (bicyclic) bond motifs is 1. The van der Waals surface area contributed by atoms with Crippen LogP contribution in [0.1, 0.15) is 40.5 Å². The second-order valence-corrected chi connectivity index (χ2v) is 7.28. The van der Waals surface area contributed by atoms with E-state index in [1.165, 1.54) is 0 Å². The third kappa shape index (κ3) is 2.30. The van der Waals surface area contributed by atoms with E-state index >= 15 is 0 Å². The first-order valence-corrected chi connectivity index (χ1v) is 7.35. The Morgan fingerprint density at radius 1 is 1.15 bits per heavy atom. The Bertz CT molecular complexity index is 405. The summed E-state index contributed by atoms with van der Waals surface area (Å²) in [5.41, 5.74) is -0.797. The lowest BCUT2D eigenvalue weighted by molar-refractivity contribution is -0.236. The van der Waals surface area contributed by atoms with Gasteiger partial charge in [-0.3, -0.25) is 0 Å². The van der Waals surface area contributed by atoms with Gasteiger partial charge in [-0.2, -0.15) is 0 Å². The van der Waals surface area contributed by atoms with Gasteiger partial charge in [0.2, 0.25) is 0 Å². The topological polar surface area (TPSA) is 54.0 Å². The lowest BCUT2D eigenvalue weighted by Crippen LogP contribution is -2.59. The highest BCUT2D eigenvalue weighted by Gasteiger charge is 2.59. The number of ether oxygens (including phenoxy) is 4. The van der Waals surface area contributed by atoms with E-state index < -0.39 is 11.2 Å². The second kappa shape index (κ2) is 4.50. The summed E-state index contributed by atoms with van der Waals surface area (Å²) in [6.45, 7) is 8.92. The summed E-state index contributed by atoms with van der Waals surface area (Å²) in [6, 6.07) is 0. The first-order chi connectivity index (χ1) is 9.27. The number of aldehydes is 1. The molecule has 3 heterocycles. The van der Waals surface area contributed by atoms with E-state index in [0.29, 0.717) is 19.6 Å². The van der Waals surface area contributed by atoms with Crippen molar-refractivity contribution in [3.63, 3.8) is 0 Å². The molecule has 0 aromatic rings. The van der Waals surface area contributed by atoms with Crippen molar-refractivity contribution in [1.82, 2.24) is 0 Å². The van der Waals surface area contributed by atoms with Gasteiger partial charge in [0.25, 0.3) is 0 Å². The van der Waals surface area contributed by atoms with Gasteiger partial charge in [-0.1, -0.05) is 0 Å². The maximum absolute atomic E-state index is 11.7. The van der Waals surface area contributed by atoms with Crippen LogP contribution >= 0.6 is 0 Å². The van der Waals surface area contributed by atoms with Crippen LogP contribution in [0.2, 0.25) is 0 Å². The van der Waals surface area contributed by atoms with Gasteiger partial charge in [0.1, 0.15) is 18.5 Å². The molecule has 4 atom stereocenters. The van der Waals surface area contributed by atoms with E-state index in [1.807, 2.05) is 27.7 Å². The highest BCUT2D eigenvalue weighted by Crippen LogP contribution is 2.49. The summed E-state index contributed by atoms with van der Waals surface area (Å²) in [5.74, 6) is -0.599. The van der Waals surface area contributed by atoms with Crippen molar-refractivity contribution in [1.29, 1.82) is 0 Å². The molecule has 0 bridgehead atoms. The molecule has 0 aliphatic carbocycles. The van der Waals surface area contributed by atoms with Crippen LogP contribution in [0.5, 0.6) is 0 Å². The molecule has 3 aliphatic heterocycles. The molecule has 20 heavy (non-hydrogen) atoms. The number of hydrogen-bond acceptors (Lipinski definition) is 5. The molecule has 0 amide bonds. The summed E-state index contributed by atoms with van der Waals surface area (Å²) in [5, 5.41) is 0. The van der Waals surface area contributed by atoms with E-state index in [0.717, 1.165) is 12.7 Å². The summed E-state index contributed by atoms with van der Waals surface area (Å²) in [4.78, 5) is 11.7. The Morgan fingerprint density at radius 2 is 1.90 bits per heavy atom. The Morgan fingerprint density at radius 3 is 2.50 bits per heavy atom. The Hall–Kier alpha value is -0.490. The second-order valence-electron chi connectivity index (χ2n) is 7.28. The van der Waals surface area contributed by atoms with Gasteiger partial charge in [-0.25, -0.2) is 0 Å². The van der Waals surface area contributed by atoms with Gasteiger partial charge < -0.3 is 23.7 Å². The van der Waals surface area contributed by atoms with Gasteiger partial charge >= 0.3 is 0 Å². The van der Waals surface area contributed by atoms with Crippen molar-refractivity contribution in [3.05, 3.63) is 0 Å². The average molecular weight is 284 g/mol. The monoisotopic (exact) mass is 284 g/mol. The van der Waals surface area contributed by atoms with Crippen LogP contribution in [0.25, 0.3) is 0 Å². The molecule has 3 fully saturated rings. The normalized spacial score (nSPS) is 46.1. The van der Waals surface area contributed by atoms with E-state index in [1.54, 1.807) is 0 Å². The van der Waals surface area contributed by atoms with Crippen molar-refractivity contribution in [3.8, 4) is 0 Å². The molecule has 0 aromatic heterocycles. The van der Waals surface area contributed by atoms with Gasteiger partial charge in [0.05, 0.1) is 23.7 Å². The zero-order valence-corrected chi connectivity index (χ0v) is 12.7. The maximum Gasteiger partial charge on any atom is 0.163 e. The lowest BCUT2D eigenvalue weighted by atomic mass is 9.69. The Kier molecular flexibility index (Phi) is 3.25. The van der Waals surface area contributed by atoms with Gasteiger partial charge in [-0.05, 0) is 40.5 Å². The van der Waals surface area contributed by atoms with Gasteiger partial charge in [0, 0.05) is 6.61 Å². The van der Waals surface area contributed by atoms with E-state index in [9.17, 15) is 4.79 Å². The maximum atomic E-state index is 11.7. The molecule has 3 aliphatic rings. The highest BCUT2D eigenvalue weighted by molar-refractivity contribution is 5.62. The van der Waals surface area contributed by atoms with Crippen LogP contribution < -0.4 is 0 Å². The molecule has 4 unspecified atom stereocenters. The fourth-order valence-corrected chi connectivity index (χ4v) is 3.88. The van der Waals surface area contributed by atoms with Crippen LogP contribution in [0.15, 0.2) is 0 Å². The molecule has 0 radical (unpaired) electrons. The van der Waals surface area contributed by atoms with Crippen molar-refractivity contribution >= 4 is 6.29 Å². The number of hydrogen-bond donors (Lipinski definition) is 0. The standard InChI is InChI=1S/C15H24O5/c1-13(2)8-15(9-16)5-6-17-12(15)11(20-13)10-7-18-14(3,4)19-10/h9-12H,5-8H2,1-4H3. The van der Waals surface area contributed by atoms with E-state index in [4.69, 9.17) is 18.9 Å². The van der Waals surface area contributed by atoms with Crippen molar-refractivity contribution in [2.75, 3.05) is 13.2 Å². The van der Waals surface area contributed by atoms with Crippen LogP contribution in [-0.2, 0) is 23.7 Å². The molecule has 3 rings (SSSR count). The fourth-order valence-electron chi connectivity index (χ4n) is 3.88. The minimum atomic E-state index is -0.599. The fraction of sp³-hybridized carbons (Fsp3) is 0.933. The lowest BCUT2D eigenvalue weighted by Gasteiger charge is -2.48. The Balaban J connectivity index is 1.88. The third-order valence-corrected chi connectivity index (χ3v) is 4.57. The third-order valence-electron chi connectivity index (χ3n) is 4.57. The van der Waals surface area contributed by atoms with E-state index in [2.05, 4.69) is 0 Å². The SMILES string of the molecule is CC1(C)CC2(C=O)CCOC2C(C2COC(C)(C)O2)O1. The quantitative estimate of drug-likeness (QED) is 0.722. The molecule has 0 aromatic carbocycles. The zero-order valence-electron chi connectivity index (χ0n) is 12.7. The number of rotatable bonds is 2. The largest absolute Gasteiger partial charge is 0.374 e. The average Bonchev–Trinajstić information content (AvgIpc) is 2.90. The van der Waals surface area contributed by atoms with Gasteiger partial charge in [-0.15, -0.1) is 0 Å². The molecule has 5 nitrogen and oxygen atoms in total. The van der Waals surface area contributed by atoms with E-state index in [-0.39, 0.29) is 23.9 Å². The molecule has 0 saturated carbocycles. The summed E-state index contributed by atoms with van der Waals surface area (Å²) >= 11 is 0. The molecular weight excluding hydrogens is 260 g/mol. The van der Waals surface area contributed by atoms with Crippen LogP contribution in [-0.4, -0.2) is 49.2 Å². The summed E-state index contributed by atoms with van der Waals surface area (Å²) < 4.78 is 23.6. The number of carbonyl (C=O) groups is 1. The van der Waals surface area contributed by atoms with Crippen molar-refractivity contribution < 1.29 is 23.7 Å². The predicted molar refractivity (Wildman–Crippen MR) is 71.3 cm³/mol. The highest BCUT2D eigenvalue weighted by atomic mass is 16.8. The van der Waals surface area contributed by atoms with Crippen LogP contribution in [0, 0.1) is 5.41 Å². The molecule has 3 saturated heterocycles. The van der Waals surface area contributed by atoms with Crippen molar-refractivity contribution in [2.24, 2.45) is 5.41 Å². The molecule has 114 valence electrons. The van der Waals surface area contributed by atoms with Gasteiger partial charge in [0.15, 0.2) is 5.79 Å². The molecule has 0 N–H and O–H groups in total. The molecule has 5 heteroatoms. The van der Waals surface area contributed by atoms with Crippen LogP contribution in [0.3, 0.4) is 0 Å². The minimum Gasteiger partial charge on any atom is -0.374 e. The first kappa shape index (κ1) is 14.4. The smallest absolute Gasteiger partial charge is 0.163 e. The first-order valence-electron chi connectivity index (χ1n) is 7.35. The predicted octanol–water partition coefficient (Wildman–Crippen LogP) is 1.68. The van der Waals surface area contributed by atoms with Crippen LogP contribution in [0.4, 0.5) is 0 Å². The molecule has 0 spiro atoms. The number of carbonyl (C=O) groups excluding carboxylic acids is 1.